The van der Waals surface area contributed by atoms with E-state index in [0.717, 1.165) is 16.9 Å². The molecule has 0 unspecified atom stereocenters. The first-order chi connectivity index (χ1) is 21.0. The number of anilines is 3. The number of methoxy groups -OCH3 is 2. The van der Waals surface area contributed by atoms with Gasteiger partial charge in [0, 0.05) is 67.4 Å². The fourth-order valence-electron chi connectivity index (χ4n) is 4.81. The third-order valence-corrected chi connectivity index (χ3v) is 7.34. The molecule has 0 aliphatic heterocycles. The van der Waals surface area contributed by atoms with Crippen LogP contribution >= 0.6 is 0 Å². The first-order valence-corrected chi connectivity index (χ1v) is 14.1. The number of rotatable bonds is 10. The van der Waals surface area contributed by atoms with Crippen LogP contribution in [-0.2, 0) is 19.0 Å². The Morgan fingerprint density at radius 3 is 2.52 bits per heavy atom. The lowest BCUT2D eigenvalue weighted by Crippen LogP contribution is -2.16. The van der Waals surface area contributed by atoms with Gasteiger partial charge < -0.3 is 25.4 Å². The molecule has 0 spiro atoms. The number of fused-ring (bicyclic) bond motifs is 1. The highest BCUT2D eigenvalue weighted by Crippen LogP contribution is 2.29. The topological polar surface area (TPSA) is 143 Å². The highest BCUT2D eigenvalue weighted by molar-refractivity contribution is 6.17. The van der Waals surface area contributed by atoms with E-state index in [1.54, 1.807) is 61.9 Å². The van der Waals surface area contributed by atoms with Gasteiger partial charge in [-0.1, -0.05) is 20.8 Å². The van der Waals surface area contributed by atoms with Gasteiger partial charge in [0.1, 0.15) is 34.5 Å². The van der Waals surface area contributed by atoms with E-state index in [0.29, 0.717) is 52.1 Å². The normalized spacial score (nSPS) is 11.3. The van der Waals surface area contributed by atoms with Crippen molar-refractivity contribution in [3.8, 4) is 11.5 Å². The number of carbonyl (C=O) groups excluding carboxylic acids is 1. The minimum absolute atomic E-state index is 0.149. The molecule has 0 bridgehead atoms. The number of hydrogen-bond donors (Lipinski definition) is 4. The summed E-state index contributed by atoms with van der Waals surface area (Å²) in [5.74, 6) is 2.20. The zero-order chi connectivity index (χ0) is 31.6. The summed E-state index contributed by atoms with van der Waals surface area (Å²) in [6.45, 7) is 6.63. The number of benzene rings is 1. The van der Waals surface area contributed by atoms with Crippen molar-refractivity contribution in [2.75, 3.05) is 37.2 Å². The molecule has 44 heavy (non-hydrogen) atoms. The minimum atomic E-state index is -0.311. The quantitative estimate of drug-likeness (QED) is 0.163. The predicted octanol–water partition coefficient (Wildman–Crippen LogP) is 5.10. The Morgan fingerprint density at radius 2 is 1.84 bits per heavy atom. The van der Waals surface area contributed by atoms with Crippen LogP contribution in [0.25, 0.3) is 5.65 Å². The molecule has 4 aromatic heterocycles. The maximum Gasteiger partial charge on any atom is 0.275 e. The monoisotopic (exact) mass is 595 g/mol. The molecule has 0 aliphatic rings. The van der Waals surface area contributed by atoms with Crippen LogP contribution in [0.2, 0.25) is 0 Å². The Bertz CT molecular complexity index is 1850. The van der Waals surface area contributed by atoms with Crippen LogP contribution in [0.4, 0.5) is 17.3 Å². The first kappa shape index (κ1) is 30.1. The molecule has 4 heterocycles. The van der Waals surface area contributed by atoms with E-state index in [2.05, 4.69) is 51.8 Å². The zero-order valence-electron chi connectivity index (χ0n) is 25.9. The van der Waals surface area contributed by atoms with Gasteiger partial charge in [-0.25, -0.2) is 9.97 Å². The molecule has 0 saturated heterocycles. The van der Waals surface area contributed by atoms with Crippen molar-refractivity contribution in [2.24, 2.45) is 7.05 Å². The SMILES string of the molecule is CNc1ccnc(NCc2ccc(OC)cc2OC)c1C(=N)c1ccn2c(C(=O)Nc3cc(C(C)(C)C)nn3C)cnc2c1. The van der Waals surface area contributed by atoms with E-state index in [9.17, 15) is 10.2 Å². The van der Waals surface area contributed by atoms with Gasteiger partial charge in [0.2, 0.25) is 0 Å². The van der Waals surface area contributed by atoms with Gasteiger partial charge in [-0.2, -0.15) is 5.10 Å². The molecule has 0 aliphatic carbocycles. The number of nitrogens with one attached hydrogen (secondary N) is 4. The van der Waals surface area contributed by atoms with E-state index in [1.165, 1.54) is 6.20 Å². The largest absolute Gasteiger partial charge is 0.497 e. The van der Waals surface area contributed by atoms with Crippen molar-refractivity contribution in [1.82, 2.24) is 24.1 Å². The van der Waals surface area contributed by atoms with Gasteiger partial charge in [0.05, 0.1) is 37.4 Å². The third kappa shape index (κ3) is 5.91. The predicted molar refractivity (Wildman–Crippen MR) is 172 cm³/mol. The minimum Gasteiger partial charge on any atom is -0.497 e. The average Bonchev–Trinajstić information content (AvgIpc) is 3.62. The molecule has 1 amide bonds. The molecule has 5 aromatic rings. The van der Waals surface area contributed by atoms with Crippen LogP contribution in [0, 0.1) is 5.41 Å². The highest BCUT2D eigenvalue weighted by Gasteiger charge is 2.22. The number of pyridine rings is 2. The Labute approximate surface area is 256 Å². The summed E-state index contributed by atoms with van der Waals surface area (Å²) in [5.41, 5.74) is 4.74. The van der Waals surface area contributed by atoms with Crippen molar-refractivity contribution in [2.45, 2.75) is 32.7 Å². The lowest BCUT2D eigenvalue weighted by Gasteiger charge is -2.17. The van der Waals surface area contributed by atoms with Crippen LogP contribution < -0.4 is 25.4 Å². The summed E-state index contributed by atoms with van der Waals surface area (Å²) >= 11 is 0. The maximum atomic E-state index is 13.2. The third-order valence-electron chi connectivity index (χ3n) is 7.34. The van der Waals surface area contributed by atoms with Gasteiger partial charge in [-0.15, -0.1) is 0 Å². The smallest absolute Gasteiger partial charge is 0.275 e. The van der Waals surface area contributed by atoms with E-state index >= 15 is 0 Å². The molecule has 228 valence electrons. The van der Waals surface area contributed by atoms with Crippen LogP contribution in [-0.4, -0.2) is 57.0 Å². The number of aryl methyl sites for hydroxylation is 1. The van der Waals surface area contributed by atoms with Crippen molar-refractivity contribution in [3.63, 3.8) is 0 Å². The van der Waals surface area contributed by atoms with Gasteiger partial charge in [-0.05, 0) is 30.3 Å². The maximum absolute atomic E-state index is 13.2. The van der Waals surface area contributed by atoms with Crippen molar-refractivity contribution in [3.05, 3.63) is 89.1 Å². The molecule has 5 rings (SSSR count). The van der Waals surface area contributed by atoms with Crippen LogP contribution in [0.3, 0.4) is 0 Å². The number of ether oxygens (including phenoxy) is 2. The van der Waals surface area contributed by atoms with Crippen molar-refractivity contribution < 1.29 is 14.3 Å². The number of aromatic nitrogens is 5. The Hall–Kier alpha value is -5.39. The molecule has 0 fully saturated rings. The lowest BCUT2D eigenvalue weighted by atomic mass is 9.92. The van der Waals surface area contributed by atoms with Gasteiger partial charge in [0.15, 0.2) is 0 Å². The van der Waals surface area contributed by atoms with Gasteiger partial charge in [0.25, 0.3) is 5.91 Å². The molecule has 12 heteroatoms. The first-order valence-electron chi connectivity index (χ1n) is 14.1. The van der Waals surface area contributed by atoms with Gasteiger partial charge in [-0.3, -0.25) is 19.3 Å². The molecule has 0 radical (unpaired) electrons. The van der Waals surface area contributed by atoms with E-state index in [4.69, 9.17) is 9.47 Å². The molecule has 4 N–H and O–H groups in total. The number of amides is 1. The van der Waals surface area contributed by atoms with Crippen LogP contribution in [0.1, 0.15) is 53.6 Å². The molecule has 1 aromatic carbocycles. The van der Waals surface area contributed by atoms with Crippen LogP contribution in [0.5, 0.6) is 11.5 Å². The second kappa shape index (κ2) is 12.1. The Morgan fingerprint density at radius 1 is 1.05 bits per heavy atom. The molecular formula is C32H37N9O3. The standard InChI is InChI=1S/C32H37N9O3/c1-32(2,3)25-16-27(40(5)39-25)38-31(42)23-18-36-26-14-19(11-13-41(23)26)29(33)28-22(34-4)10-12-35-30(28)37-17-20-8-9-21(43-6)15-24(20)44-7/h8-16,18,33H,17H2,1-7H3,(H,38,42)(H2,34,35,37). The fraction of sp³-hybridized carbons (Fsp3) is 0.281. The lowest BCUT2D eigenvalue weighted by molar-refractivity contribution is 0.102. The second-order valence-electron chi connectivity index (χ2n) is 11.3. The number of hydrogen-bond acceptors (Lipinski definition) is 9. The molecule has 12 nitrogen and oxygen atoms in total. The summed E-state index contributed by atoms with van der Waals surface area (Å²) in [4.78, 5) is 22.3. The van der Waals surface area contributed by atoms with E-state index in [-0.39, 0.29) is 17.0 Å². The van der Waals surface area contributed by atoms with Crippen LogP contribution in [0.15, 0.2) is 61.1 Å². The summed E-state index contributed by atoms with van der Waals surface area (Å²) in [5, 5.41) is 23.2. The fourth-order valence-corrected chi connectivity index (χ4v) is 4.81. The van der Waals surface area contributed by atoms with Crippen molar-refractivity contribution in [1.29, 1.82) is 5.41 Å². The molecule has 0 saturated carbocycles. The summed E-state index contributed by atoms with van der Waals surface area (Å²) in [6, 6.07) is 12.9. The summed E-state index contributed by atoms with van der Waals surface area (Å²) in [6.07, 6.45) is 4.96. The van der Waals surface area contributed by atoms with E-state index in [1.807, 2.05) is 30.3 Å². The molecular weight excluding hydrogens is 558 g/mol. The molecule has 0 atom stereocenters. The van der Waals surface area contributed by atoms with E-state index < -0.39 is 0 Å². The summed E-state index contributed by atoms with van der Waals surface area (Å²) < 4.78 is 14.2. The number of imidazole rings is 1. The average molecular weight is 596 g/mol. The second-order valence-corrected chi connectivity index (χ2v) is 11.3. The Kier molecular flexibility index (Phi) is 8.26. The Balaban J connectivity index is 1.40. The summed E-state index contributed by atoms with van der Waals surface area (Å²) in [7, 11) is 6.82. The van der Waals surface area contributed by atoms with Crippen molar-refractivity contribution >= 4 is 34.6 Å². The number of carbonyl (C=O) groups is 1. The van der Waals surface area contributed by atoms with Gasteiger partial charge >= 0.3 is 0 Å². The number of nitrogens with zero attached hydrogens (tertiary/aromatic N) is 5. The highest BCUT2D eigenvalue weighted by atomic mass is 16.5. The zero-order valence-corrected chi connectivity index (χ0v) is 25.9.